The van der Waals surface area contributed by atoms with Crippen molar-refractivity contribution < 1.29 is 14.6 Å². The molecule has 138 valence electrons. The zero-order chi connectivity index (χ0) is 18.5. The van der Waals surface area contributed by atoms with Gasteiger partial charge in [0.05, 0.1) is 19.8 Å². The first-order chi connectivity index (χ1) is 12.6. The summed E-state index contributed by atoms with van der Waals surface area (Å²) in [4.78, 5) is 20.8. The third-order valence-corrected chi connectivity index (χ3v) is 4.88. The molecule has 0 saturated carbocycles. The lowest BCUT2D eigenvalue weighted by Gasteiger charge is -2.39. The standard InChI is InChI=1S/C19H22ClN3O3/c1-26-18-16(6-3-7-21-18)19(25)23-10-8-22(9-11-23)17(13-24)14-4-2-5-15(20)12-14/h2-7,12,17,24H,8-11,13H2,1H3. The molecule has 3 rings (SSSR count). The lowest BCUT2D eigenvalue weighted by Crippen LogP contribution is -2.50. The summed E-state index contributed by atoms with van der Waals surface area (Å²) in [5.41, 5.74) is 1.45. The van der Waals surface area contributed by atoms with E-state index in [9.17, 15) is 9.90 Å². The quantitative estimate of drug-likeness (QED) is 0.868. The third kappa shape index (κ3) is 3.98. The molecule has 0 radical (unpaired) electrons. The molecule has 1 unspecified atom stereocenters. The normalized spacial score (nSPS) is 16.3. The molecule has 26 heavy (non-hydrogen) atoms. The van der Waals surface area contributed by atoms with Crippen molar-refractivity contribution in [3.8, 4) is 5.88 Å². The fourth-order valence-corrected chi connectivity index (χ4v) is 3.47. The van der Waals surface area contributed by atoms with Crippen LogP contribution in [0.5, 0.6) is 5.88 Å². The molecule has 1 aliphatic heterocycles. The maximum atomic E-state index is 12.8. The molecule has 0 bridgehead atoms. The Balaban J connectivity index is 1.67. The van der Waals surface area contributed by atoms with Crippen LogP contribution in [0.15, 0.2) is 42.6 Å². The summed E-state index contributed by atoms with van der Waals surface area (Å²) in [6.07, 6.45) is 1.60. The first kappa shape index (κ1) is 18.6. The first-order valence-corrected chi connectivity index (χ1v) is 8.90. The molecular weight excluding hydrogens is 354 g/mol. The molecule has 1 N–H and O–H groups in total. The van der Waals surface area contributed by atoms with Gasteiger partial charge in [0.1, 0.15) is 5.56 Å². The highest BCUT2D eigenvalue weighted by Crippen LogP contribution is 2.25. The second kappa shape index (κ2) is 8.49. The van der Waals surface area contributed by atoms with Crippen molar-refractivity contribution in [2.75, 3.05) is 39.9 Å². The molecule has 2 heterocycles. The Hall–Kier alpha value is -2.15. The van der Waals surface area contributed by atoms with E-state index in [1.165, 1.54) is 7.11 Å². The van der Waals surface area contributed by atoms with Crippen LogP contribution in [-0.2, 0) is 0 Å². The van der Waals surface area contributed by atoms with E-state index in [-0.39, 0.29) is 18.6 Å². The van der Waals surface area contributed by atoms with Gasteiger partial charge in [-0.3, -0.25) is 9.69 Å². The molecule has 2 aromatic rings. The minimum absolute atomic E-state index is 0.00468. The Morgan fingerprint density at radius 2 is 2.04 bits per heavy atom. The van der Waals surface area contributed by atoms with Crippen molar-refractivity contribution >= 4 is 17.5 Å². The minimum atomic E-state index is -0.126. The fourth-order valence-electron chi connectivity index (χ4n) is 3.27. The van der Waals surface area contributed by atoms with E-state index in [1.54, 1.807) is 23.2 Å². The average molecular weight is 376 g/mol. The van der Waals surface area contributed by atoms with Crippen LogP contribution in [0.4, 0.5) is 0 Å². The number of ether oxygens (including phenoxy) is 1. The second-order valence-corrected chi connectivity index (χ2v) is 6.58. The minimum Gasteiger partial charge on any atom is -0.480 e. The predicted octanol–water partition coefficient (Wildman–Crippen LogP) is 2.24. The number of carbonyl (C=O) groups is 1. The van der Waals surface area contributed by atoms with Gasteiger partial charge in [0.15, 0.2) is 0 Å². The summed E-state index contributed by atoms with van der Waals surface area (Å²) in [6, 6.07) is 10.9. The monoisotopic (exact) mass is 375 g/mol. The smallest absolute Gasteiger partial charge is 0.259 e. The van der Waals surface area contributed by atoms with Gasteiger partial charge in [-0.05, 0) is 29.8 Å². The van der Waals surface area contributed by atoms with Crippen molar-refractivity contribution in [1.29, 1.82) is 0 Å². The number of aliphatic hydroxyl groups excluding tert-OH is 1. The van der Waals surface area contributed by atoms with E-state index in [1.807, 2.05) is 24.3 Å². The Morgan fingerprint density at radius 1 is 1.27 bits per heavy atom. The lowest BCUT2D eigenvalue weighted by molar-refractivity contribution is 0.0474. The van der Waals surface area contributed by atoms with Crippen LogP contribution < -0.4 is 4.74 Å². The number of piperazine rings is 1. The lowest BCUT2D eigenvalue weighted by atomic mass is 10.0. The molecular formula is C19H22ClN3O3. The molecule has 1 fully saturated rings. The fraction of sp³-hybridized carbons (Fsp3) is 0.368. The number of methoxy groups -OCH3 is 1. The predicted molar refractivity (Wildman–Crippen MR) is 99.5 cm³/mol. The van der Waals surface area contributed by atoms with E-state index >= 15 is 0 Å². The Kier molecular flexibility index (Phi) is 6.08. The number of carbonyl (C=O) groups excluding carboxylic acids is 1. The number of hydrogen-bond donors (Lipinski definition) is 1. The number of nitrogens with zero attached hydrogens (tertiary/aromatic N) is 3. The van der Waals surface area contributed by atoms with Gasteiger partial charge in [0.25, 0.3) is 5.91 Å². The summed E-state index contributed by atoms with van der Waals surface area (Å²) in [5, 5.41) is 10.5. The average Bonchev–Trinajstić information content (AvgIpc) is 2.68. The number of rotatable bonds is 5. The molecule has 0 aliphatic carbocycles. The van der Waals surface area contributed by atoms with Crippen LogP contribution >= 0.6 is 11.6 Å². The van der Waals surface area contributed by atoms with Crippen molar-refractivity contribution in [3.63, 3.8) is 0 Å². The summed E-state index contributed by atoms with van der Waals surface area (Å²) in [6.45, 7) is 2.50. The zero-order valence-corrected chi connectivity index (χ0v) is 15.4. The SMILES string of the molecule is COc1ncccc1C(=O)N1CCN(C(CO)c2cccc(Cl)c2)CC1. The second-order valence-electron chi connectivity index (χ2n) is 6.14. The molecule has 1 aliphatic rings. The molecule has 1 atom stereocenters. The number of pyridine rings is 1. The number of aromatic nitrogens is 1. The molecule has 1 amide bonds. The van der Waals surface area contributed by atoms with Crippen LogP contribution in [0.3, 0.4) is 0 Å². The maximum absolute atomic E-state index is 12.8. The Labute approximate surface area is 158 Å². The van der Waals surface area contributed by atoms with Gasteiger partial charge in [-0.25, -0.2) is 4.98 Å². The molecule has 1 aromatic heterocycles. The number of halogens is 1. The van der Waals surface area contributed by atoms with Gasteiger partial charge in [-0.1, -0.05) is 23.7 Å². The van der Waals surface area contributed by atoms with Gasteiger partial charge in [0.2, 0.25) is 5.88 Å². The molecule has 1 aromatic carbocycles. The van der Waals surface area contributed by atoms with E-state index < -0.39 is 0 Å². The summed E-state index contributed by atoms with van der Waals surface area (Å²) < 4.78 is 5.19. The molecule has 6 nitrogen and oxygen atoms in total. The van der Waals surface area contributed by atoms with Crippen LogP contribution in [0.1, 0.15) is 22.0 Å². The van der Waals surface area contributed by atoms with Gasteiger partial charge < -0.3 is 14.7 Å². The van der Waals surface area contributed by atoms with Gasteiger partial charge in [0, 0.05) is 37.4 Å². The number of amides is 1. The summed E-state index contributed by atoms with van der Waals surface area (Å²) >= 11 is 6.08. The van der Waals surface area contributed by atoms with Crippen molar-refractivity contribution in [2.45, 2.75) is 6.04 Å². The highest BCUT2D eigenvalue weighted by molar-refractivity contribution is 6.30. The number of hydrogen-bond acceptors (Lipinski definition) is 5. The van der Waals surface area contributed by atoms with Crippen LogP contribution in [0, 0.1) is 0 Å². The van der Waals surface area contributed by atoms with E-state index in [0.717, 1.165) is 5.56 Å². The van der Waals surface area contributed by atoms with E-state index in [2.05, 4.69) is 9.88 Å². The molecule has 1 saturated heterocycles. The molecule has 0 spiro atoms. The molecule has 7 heteroatoms. The van der Waals surface area contributed by atoms with Gasteiger partial charge in [-0.2, -0.15) is 0 Å². The van der Waals surface area contributed by atoms with Crippen LogP contribution in [0.25, 0.3) is 0 Å². The van der Waals surface area contributed by atoms with Gasteiger partial charge in [-0.15, -0.1) is 0 Å². The summed E-state index contributed by atoms with van der Waals surface area (Å²) in [5.74, 6) is 0.255. The van der Waals surface area contributed by atoms with Crippen LogP contribution in [0.2, 0.25) is 5.02 Å². The third-order valence-electron chi connectivity index (χ3n) is 4.64. The number of benzene rings is 1. The highest BCUT2D eigenvalue weighted by Gasteiger charge is 2.28. The first-order valence-electron chi connectivity index (χ1n) is 8.52. The maximum Gasteiger partial charge on any atom is 0.259 e. The van der Waals surface area contributed by atoms with E-state index in [0.29, 0.717) is 42.6 Å². The van der Waals surface area contributed by atoms with E-state index in [4.69, 9.17) is 16.3 Å². The van der Waals surface area contributed by atoms with Crippen molar-refractivity contribution in [2.24, 2.45) is 0 Å². The van der Waals surface area contributed by atoms with Crippen LogP contribution in [-0.4, -0.2) is 65.7 Å². The Bertz CT molecular complexity index is 763. The van der Waals surface area contributed by atoms with Crippen molar-refractivity contribution in [3.05, 3.63) is 58.7 Å². The van der Waals surface area contributed by atoms with Crippen molar-refractivity contribution in [1.82, 2.24) is 14.8 Å². The summed E-state index contributed by atoms with van der Waals surface area (Å²) in [7, 11) is 1.51. The number of aliphatic hydroxyl groups is 1. The zero-order valence-electron chi connectivity index (χ0n) is 14.6. The Morgan fingerprint density at radius 3 is 2.69 bits per heavy atom. The van der Waals surface area contributed by atoms with Gasteiger partial charge >= 0.3 is 0 Å². The topological polar surface area (TPSA) is 65.9 Å². The highest BCUT2D eigenvalue weighted by atomic mass is 35.5. The largest absolute Gasteiger partial charge is 0.480 e.